The van der Waals surface area contributed by atoms with Crippen LogP contribution in [-0.2, 0) is 16.0 Å². The fourth-order valence-electron chi connectivity index (χ4n) is 8.25. The smallest absolute Gasteiger partial charge is 0.211 e. The Morgan fingerprint density at radius 2 is 1.30 bits per heavy atom. The summed E-state index contributed by atoms with van der Waals surface area (Å²) >= 11 is 3.78. The van der Waals surface area contributed by atoms with Gasteiger partial charge >= 0.3 is 0 Å². The van der Waals surface area contributed by atoms with Gasteiger partial charge in [-0.25, -0.2) is 20.0 Å². The SMILES string of the molecule is O=C1C(=Nc2nc3c4nsnc4c4nc(N=C5C(=O)C6CC7CCCCC7CC6C5=O)sc4c3s2)Cc2cc3ccccc3cc21. The molecule has 4 aliphatic carbocycles. The number of carbonyl (C=O) groups is 3. The Bertz CT molecular complexity index is 2380. The summed E-state index contributed by atoms with van der Waals surface area (Å²) in [5.74, 6) is 0.297. The zero-order valence-corrected chi connectivity index (χ0v) is 26.8. The van der Waals surface area contributed by atoms with Crippen LogP contribution in [0.25, 0.3) is 42.2 Å². The molecule has 0 bridgehead atoms. The van der Waals surface area contributed by atoms with Crippen molar-refractivity contribution in [1.29, 1.82) is 0 Å². The molecule has 0 N–H and O–H groups in total. The number of benzene rings is 3. The first-order chi connectivity index (χ1) is 22.5. The first-order valence-electron chi connectivity index (χ1n) is 15.7. The summed E-state index contributed by atoms with van der Waals surface area (Å²) in [5, 5.41) is 2.95. The Kier molecular flexibility index (Phi) is 5.84. The molecule has 226 valence electrons. The molecule has 4 atom stereocenters. The number of rotatable bonds is 2. The number of ketones is 3. The third-order valence-electron chi connectivity index (χ3n) is 10.5. The van der Waals surface area contributed by atoms with Gasteiger partial charge in [0.25, 0.3) is 0 Å². The lowest BCUT2D eigenvalue weighted by Gasteiger charge is -2.39. The number of fused-ring (bicyclic) bond motifs is 10. The lowest BCUT2D eigenvalue weighted by atomic mass is 9.64. The second-order valence-electron chi connectivity index (χ2n) is 12.9. The molecule has 3 fully saturated rings. The van der Waals surface area contributed by atoms with E-state index in [4.69, 9.17) is 15.0 Å². The largest absolute Gasteiger partial charge is 0.292 e. The molecule has 0 radical (unpaired) electrons. The number of nitrogens with zero attached hydrogens (tertiary/aromatic N) is 6. The van der Waals surface area contributed by atoms with Crippen molar-refractivity contribution in [3.05, 3.63) is 47.5 Å². The van der Waals surface area contributed by atoms with Crippen LogP contribution in [0.4, 0.5) is 10.3 Å². The molecule has 9 nitrogen and oxygen atoms in total. The van der Waals surface area contributed by atoms with Crippen LogP contribution < -0.4 is 0 Å². The number of aromatic nitrogens is 4. The van der Waals surface area contributed by atoms with Crippen LogP contribution in [0.2, 0.25) is 0 Å². The van der Waals surface area contributed by atoms with E-state index < -0.39 is 0 Å². The van der Waals surface area contributed by atoms with Crippen molar-refractivity contribution < 1.29 is 14.4 Å². The van der Waals surface area contributed by atoms with Crippen LogP contribution in [0.1, 0.15) is 54.4 Å². The fourth-order valence-corrected chi connectivity index (χ4v) is 10.8. The molecule has 46 heavy (non-hydrogen) atoms. The first-order valence-corrected chi connectivity index (χ1v) is 18.0. The summed E-state index contributed by atoms with van der Waals surface area (Å²) < 4.78 is 10.7. The van der Waals surface area contributed by atoms with Gasteiger partial charge in [0, 0.05) is 23.8 Å². The van der Waals surface area contributed by atoms with E-state index in [0.29, 0.717) is 61.9 Å². The van der Waals surface area contributed by atoms with Crippen molar-refractivity contribution in [2.45, 2.75) is 44.9 Å². The Balaban J connectivity index is 1.04. The van der Waals surface area contributed by atoms with E-state index >= 15 is 0 Å². The molecule has 0 spiro atoms. The highest BCUT2D eigenvalue weighted by Gasteiger charge is 2.52. The molecule has 3 aromatic carbocycles. The van der Waals surface area contributed by atoms with Crippen molar-refractivity contribution >= 4 is 116 Å². The van der Waals surface area contributed by atoms with Gasteiger partial charge in [0.15, 0.2) is 17.3 Å². The Labute approximate surface area is 273 Å². The highest BCUT2D eigenvalue weighted by atomic mass is 32.1. The number of Topliss-reactive ketones (excluding diaryl/α,β-unsaturated/α-hetero) is 3. The van der Waals surface area contributed by atoms with Gasteiger partial charge in [-0.1, -0.05) is 78.7 Å². The zero-order valence-electron chi connectivity index (χ0n) is 24.4. The van der Waals surface area contributed by atoms with Crippen molar-refractivity contribution in [3.63, 3.8) is 0 Å². The topological polar surface area (TPSA) is 127 Å². The van der Waals surface area contributed by atoms with Gasteiger partial charge < -0.3 is 0 Å². The van der Waals surface area contributed by atoms with Gasteiger partial charge in [0.1, 0.15) is 22.1 Å². The third kappa shape index (κ3) is 3.93. The number of hydrogen-bond acceptors (Lipinski definition) is 12. The van der Waals surface area contributed by atoms with E-state index in [0.717, 1.165) is 63.1 Å². The number of carbonyl (C=O) groups excluding carboxylic acids is 3. The number of hydrogen-bond donors (Lipinski definition) is 0. The summed E-state index contributed by atoms with van der Waals surface area (Å²) in [7, 11) is 0. The van der Waals surface area contributed by atoms with Gasteiger partial charge in [-0.3, -0.25) is 14.4 Å². The highest BCUT2D eigenvalue weighted by molar-refractivity contribution is 7.30. The monoisotopic (exact) mass is 660 g/mol. The van der Waals surface area contributed by atoms with E-state index in [1.165, 1.54) is 35.5 Å². The third-order valence-corrected chi connectivity index (χ3v) is 13.0. The van der Waals surface area contributed by atoms with Crippen molar-refractivity contribution in [3.8, 4) is 0 Å². The predicted molar refractivity (Wildman–Crippen MR) is 182 cm³/mol. The quantitative estimate of drug-likeness (QED) is 0.187. The van der Waals surface area contributed by atoms with Crippen LogP contribution in [0, 0.1) is 23.7 Å². The zero-order chi connectivity index (χ0) is 30.7. The summed E-state index contributed by atoms with van der Waals surface area (Å²) in [6.07, 6.45) is 6.82. The average Bonchev–Trinajstić information content (AvgIpc) is 3.89. The molecule has 4 aliphatic rings. The van der Waals surface area contributed by atoms with Crippen LogP contribution in [0.15, 0.2) is 46.4 Å². The molecule has 3 saturated carbocycles. The predicted octanol–water partition coefficient (Wildman–Crippen LogP) is 7.63. The van der Waals surface area contributed by atoms with E-state index in [9.17, 15) is 14.4 Å². The van der Waals surface area contributed by atoms with E-state index in [-0.39, 0.29) is 34.9 Å². The minimum atomic E-state index is -0.243. The standard InChI is InChI=1S/C34H24N6O3S3/c41-28-19-10-15-6-2-1-5-14(15)9-18(19)13-22(28)35-33-36-25-23-24(40-46-39-23)26-32(31(25)44-33)45-34(37-26)38-27-29(42)20-11-16-7-3-4-8-17(16)12-21(20)30(27)43/h1-2,5-6,9-10,16-17,20-21H,3-4,7-8,11-13H2. The van der Waals surface area contributed by atoms with Gasteiger partial charge in [0.05, 0.1) is 26.8 Å². The maximum Gasteiger partial charge on any atom is 0.211 e. The van der Waals surface area contributed by atoms with Gasteiger partial charge in [-0.2, -0.15) is 8.75 Å². The molecule has 6 aromatic rings. The first kappa shape index (κ1) is 27.0. The van der Waals surface area contributed by atoms with Crippen molar-refractivity contribution in [2.75, 3.05) is 0 Å². The van der Waals surface area contributed by atoms with Gasteiger partial charge in [-0.05, 0) is 47.1 Å². The Morgan fingerprint density at radius 3 is 1.93 bits per heavy atom. The lowest BCUT2D eigenvalue weighted by Crippen LogP contribution is -2.35. The van der Waals surface area contributed by atoms with Gasteiger partial charge in [0.2, 0.25) is 16.0 Å². The number of thiazole rings is 2. The molecule has 4 unspecified atom stereocenters. The normalized spacial score (nSPS) is 25.3. The molecule has 3 aromatic heterocycles. The van der Waals surface area contributed by atoms with E-state index in [1.807, 2.05) is 30.3 Å². The van der Waals surface area contributed by atoms with E-state index in [1.54, 1.807) is 0 Å². The van der Waals surface area contributed by atoms with Crippen LogP contribution >= 0.6 is 34.4 Å². The van der Waals surface area contributed by atoms with Crippen LogP contribution in [-0.4, -0.2) is 47.5 Å². The minimum absolute atomic E-state index is 0.0555. The summed E-state index contributed by atoms with van der Waals surface area (Å²) in [5.41, 5.74) is 4.68. The second-order valence-corrected chi connectivity index (χ2v) is 15.4. The molecule has 12 heteroatoms. The summed E-state index contributed by atoms with van der Waals surface area (Å²) in [6.45, 7) is 0. The summed E-state index contributed by atoms with van der Waals surface area (Å²) in [4.78, 5) is 59.4. The molecular weight excluding hydrogens is 637 g/mol. The Hall–Kier alpha value is -4.13. The molecule has 0 amide bonds. The van der Waals surface area contributed by atoms with Crippen LogP contribution in [0.3, 0.4) is 0 Å². The van der Waals surface area contributed by atoms with Gasteiger partial charge in [-0.15, -0.1) is 0 Å². The molecule has 10 rings (SSSR count). The molecular formula is C34H24N6O3S3. The molecule has 0 saturated heterocycles. The highest BCUT2D eigenvalue weighted by Crippen LogP contribution is 2.49. The average molecular weight is 661 g/mol. The lowest BCUT2D eigenvalue weighted by molar-refractivity contribution is -0.123. The molecule has 3 heterocycles. The van der Waals surface area contributed by atoms with Crippen molar-refractivity contribution in [2.24, 2.45) is 33.7 Å². The van der Waals surface area contributed by atoms with Crippen LogP contribution in [0.5, 0.6) is 0 Å². The summed E-state index contributed by atoms with van der Waals surface area (Å²) in [6, 6.07) is 12.0. The van der Waals surface area contributed by atoms with Crippen molar-refractivity contribution in [1.82, 2.24) is 18.7 Å². The second kappa shape index (κ2) is 9.93. The minimum Gasteiger partial charge on any atom is -0.292 e. The fraction of sp³-hybridized carbons (Fsp3) is 0.324. The molecule has 0 aliphatic heterocycles. The number of aliphatic imine (C=N–C) groups is 2. The maximum absolute atomic E-state index is 13.5. The van der Waals surface area contributed by atoms with E-state index in [2.05, 4.69) is 19.8 Å². The Morgan fingerprint density at radius 1 is 0.717 bits per heavy atom. The maximum atomic E-state index is 13.5.